The predicted molar refractivity (Wildman–Crippen MR) is 60.2 cm³/mol. The first-order chi connectivity index (χ1) is 8.13. The minimum absolute atomic E-state index is 0.000982. The molecular weight excluding hydrogens is 220 g/mol. The Morgan fingerprint density at radius 2 is 2.24 bits per heavy atom. The lowest BCUT2D eigenvalue weighted by Gasteiger charge is -2.07. The highest BCUT2D eigenvalue weighted by Gasteiger charge is 2.11. The Morgan fingerprint density at radius 3 is 2.82 bits per heavy atom. The van der Waals surface area contributed by atoms with Crippen LogP contribution in [0.5, 0.6) is 0 Å². The number of rotatable bonds is 3. The van der Waals surface area contributed by atoms with E-state index in [1.807, 2.05) is 13.8 Å². The zero-order valence-electron chi connectivity index (χ0n) is 9.58. The van der Waals surface area contributed by atoms with E-state index in [2.05, 4.69) is 15.1 Å². The molecule has 1 N–H and O–H groups in total. The van der Waals surface area contributed by atoms with Gasteiger partial charge in [-0.3, -0.25) is 0 Å². The van der Waals surface area contributed by atoms with Crippen LogP contribution in [0, 0.1) is 6.92 Å². The highest BCUT2D eigenvalue weighted by molar-refractivity contribution is 5.85. The summed E-state index contributed by atoms with van der Waals surface area (Å²) in [6.07, 6.45) is 3.84. The molecule has 0 atom stereocenters. The first-order valence-corrected chi connectivity index (χ1v) is 5.23. The average molecular weight is 232 g/mol. The zero-order chi connectivity index (χ0) is 12.4. The van der Waals surface area contributed by atoms with E-state index in [1.54, 1.807) is 6.20 Å². The first kappa shape index (κ1) is 11.3. The van der Waals surface area contributed by atoms with Crippen LogP contribution in [0.25, 0.3) is 5.82 Å². The molecule has 88 valence electrons. The smallest absolute Gasteiger partial charge is 0.356 e. The zero-order valence-corrected chi connectivity index (χ0v) is 9.58. The van der Waals surface area contributed by atoms with Crippen LogP contribution in [0.4, 0.5) is 0 Å². The molecule has 6 nitrogen and oxygen atoms in total. The van der Waals surface area contributed by atoms with Crippen LogP contribution < -0.4 is 0 Å². The summed E-state index contributed by atoms with van der Waals surface area (Å²) in [6.45, 7) is 3.90. The van der Waals surface area contributed by atoms with Gasteiger partial charge in [-0.15, -0.1) is 0 Å². The van der Waals surface area contributed by atoms with Gasteiger partial charge < -0.3 is 5.11 Å². The van der Waals surface area contributed by atoms with Crippen LogP contribution in [0.3, 0.4) is 0 Å². The van der Waals surface area contributed by atoms with E-state index < -0.39 is 5.97 Å². The van der Waals surface area contributed by atoms with Crippen molar-refractivity contribution in [1.82, 2.24) is 19.7 Å². The van der Waals surface area contributed by atoms with Gasteiger partial charge in [0.2, 0.25) is 0 Å². The van der Waals surface area contributed by atoms with Crippen molar-refractivity contribution >= 4 is 5.97 Å². The third kappa shape index (κ3) is 2.01. The Kier molecular flexibility index (Phi) is 2.86. The Balaban J connectivity index is 2.49. The quantitative estimate of drug-likeness (QED) is 0.860. The molecule has 0 spiro atoms. The lowest BCUT2D eigenvalue weighted by atomic mass is 10.2. The lowest BCUT2D eigenvalue weighted by molar-refractivity contribution is 0.0690. The van der Waals surface area contributed by atoms with E-state index in [1.165, 1.54) is 17.1 Å². The van der Waals surface area contributed by atoms with E-state index in [9.17, 15) is 4.79 Å². The van der Waals surface area contributed by atoms with Gasteiger partial charge in [0.25, 0.3) is 0 Å². The predicted octanol–water partition coefficient (Wildman–Crippen LogP) is 1.23. The molecule has 0 aromatic carbocycles. The van der Waals surface area contributed by atoms with Gasteiger partial charge in [0.05, 0.1) is 0 Å². The molecule has 2 aromatic rings. The molecule has 6 heteroatoms. The largest absolute Gasteiger partial charge is 0.476 e. The maximum atomic E-state index is 10.7. The number of hydrogen-bond donors (Lipinski definition) is 1. The van der Waals surface area contributed by atoms with Crippen LogP contribution in [-0.4, -0.2) is 30.8 Å². The lowest BCUT2D eigenvalue weighted by Crippen LogP contribution is -2.07. The maximum absolute atomic E-state index is 10.7. The molecule has 0 saturated heterocycles. The van der Waals surface area contributed by atoms with Gasteiger partial charge in [-0.1, -0.05) is 6.92 Å². The van der Waals surface area contributed by atoms with Gasteiger partial charge in [0, 0.05) is 17.5 Å². The van der Waals surface area contributed by atoms with Gasteiger partial charge >= 0.3 is 5.97 Å². The number of aryl methyl sites for hydroxylation is 1. The molecule has 0 saturated carbocycles. The summed E-state index contributed by atoms with van der Waals surface area (Å²) in [4.78, 5) is 19.0. The Hall–Kier alpha value is -2.24. The van der Waals surface area contributed by atoms with Crippen molar-refractivity contribution in [2.75, 3.05) is 0 Å². The number of aromatic carboxylic acids is 1. The second kappa shape index (κ2) is 4.32. The van der Waals surface area contributed by atoms with Crippen LogP contribution in [0.1, 0.15) is 28.7 Å². The number of aromatic nitrogens is 4. The van der Waals surface area contributed by atoms with E-state index in [4.69, 9.17) is 5.11 Å². The third-order valence-electron chi connectivity index (χ3n) is 2.52. The fourth-order valence-corrected chi connectivity index (χ4v) is 1.62. The summed E-state index contributed by atoms with van der Waals surface area (Å²) >= 11 is 0. The normalized spacial score (nSPS) is 10.5. The van der Waals surface area contributed by atoms with Gasteiger partial charge in [-0.05, 0) is 19.4 Å². The number of carboxylic acids is 1. The number of nitrogens with zero attached hydrogens (tertiary/aromatic N) is 4. The van der Waals surface area contributed by atoms with E-state index in [0.717, 1.165) is 17.7 Å². The molecule has 2 rings (SSSR count). The SMILES string of the molecule is CCc1ncnc(-n2ccc(C(=O)O)n2)c1C. The standard InChI is InChI=1S/C11H12N4O2/c1-3-8-7(2)10(13-6-12-8)15-5-4-9(14-15)11(16)17/h4-6H,3H2,1-2H3,(H,16,17). The van der Waals surface area contributed by atoms with Crippen molar-refractivity contribution in [3.05, 3.63) is 35.5 Å². The minimum Gasteiger partial charge on any atom is -0.476 e. The molecule has 0 amide bonds. The number of carbonyl (C=O) groups is 1. The number of hydrogen-bond acceptors (Lipinski definition) is 4. The average Bonchev–Trinajstić information content (AvgIpc) is 2.78. The second-order valence-corrected chi connectivity index (χ2v) is 3.57. The topological polar surface area (TPSA) is 80.9 Å². The Bertz CT molecular complexity index is 562. The summed E-state index contributed by atoms with van der Waals surface area (Å²) in [7, 11) is 0. The van der Waals surface area contributed by atoms with Crippen molar-refractivity contribution in [3.63, 3.8) is 0 Å². The highest BCUT2D eigenvalue weighted by atomic mass is 16.4. The Labute approximate surface area is 98.0 Å². The molecule has 2 aromatic heterocycles. The Morgan fingerprint density at radius 1 is 1.47 bits per heavy atom. The summed E-state index contributed by atoms with van der Waals surface area (Å²) in [5, 5.41) is 12.7. The fraction of sp³-hybridized carbons (Fsp3) is 0.273. The van der Waals surface area contributed by atoms with E-state index in [-0.39, 0.29) is 5.69 Å². The van der Waals surface area contributed by atoms with Gasteiger partial charge in [-0.25, -0.2) is 19.4 Å². The van der Waals surface area contributed by atoms with Crippen LogP contribution in [0.2, 0.25) is 0 Å². The van der Waals surface area contributed by atoms with Gasteiger partial charge in [-0.2, -0.15) is 5.10 Å². The molecule has 0 radical (unpaired) electrons. The summed E-state index contributed by atoms with van der Waals surface area (Å²) in [5.41, 5.74) is 1.85. The van der Waals surface area contributed by atoms with Gasteiger partial charge in [0.1, 0.15) is 6.33 Å². The summed E-state index contributed by atoms with van der Waals surface area (Å²) in [5.74, 6) is -0.435. The van der Waals surface area contributed by atoms with Crippen molar-refractivity contribution in [1.29, 1.82) is 0 Å². The third-order valence-corrected chi connectivity index (χ3v) is 2.52. The first-order valence-electron chi connectivity index (χ1n) is 5.23. The van der Waals surface area contributed by atoms with Crippen molar-refractivity contribution in [2.24, 2.45) is 0 Å². The molecular formula is C11H12N4O2. The molecule has 17 heavy (non-hydrogen) atoms. The highest BCUT2D eigenvalue weighted by Crippen LogP contribution is 2.13. The minimum atomic E-state index is -1.05. The van der Waals surface area contributed by atoms with Crippen molar-refractivity contribution in [2.45, 2.75) is 20.3 Å². The molecule has 0 unspecified atom stereocenters. The second-order valence-electron chi connectivity index (χ2n) is 3.57. The van der Waals surface area contributed by atoms with Crippen LogP contribution in [-0.2, 0) is 6.42 Å². The summed E-state index contributed by atoms with van der Waals surface area (Å²) in [6, 6.07) is 1.44. The molecule has 0 aliphatic heterocycles. The number of carboxylic acid groups (broad SMARTS) is 1. The summed E-state index contributed by atoms with van der Waals surface area (Å²) < 4.78 is 1.46. The molecule has 0 fully saturated rings. The van der Waals surface area contributed by atoms with E-state index in [0.29, 0.717) is 5.82 Å². The van der Waals surface area contributed by atoms with Crippen LogP contribution >= 0.6 is 0 Å². The van der Waals surface area contributed by atoms with Crippen molar-refractivity contribution < 1.29 is 9.90 Å². The maximum Gasteiger partial charge on any atom is 0.356 e. The van der Waals surface area contributed by atoms with Gasteiger partial charge in [0.15, 0.2) is 11.5 Å². The molecule has 0 aliphatic rings. The fourth-order valence-electron chi connectivity index (χ4n) is 1.62. The van der Waals surface area contributed by atoms with Crippen LogP contribution in [0.15, 0.2) is 18.6 Å². The van der Waals surface area contributed by atoms with Crippen molar-refractivity contribution in [3.8, 4) is 5.82 Å². The monoisotopic (exact) mass is 232 g/mol. The molecule has 0 bridgehead atoms. The molecule has 2 heterocycles. The van der Waals surface area contributed by atoms with E-state index >= 15 is 0 Å². The molecule has 0 aliphatic carbocycles.